The lowest BCUT2D eigenvalue weighted by Crippen LogP contribution is -2.53. The Labute approximate surface area is 102 Å². The van der Waals surface area contributed by atoms with Crippen LogP contribution in [0.4, 0.5) is 0 Å². The van der Waals surface area contributed by atoms with Gasteiger partial charge in [-0.05, 0) is 31.6 Å². The highest BCUT2D eigenvalue weighted by Gasteiger charge is 2.46. The summed E-state index contributed by atoms with van der Waals surface area (Å²) in [6.45, 7) is 3.15. The molecule has 0 aliphatic heterocycles. The molecule has 5 N–H and O–H groups in total. The van der Waals surface area contributed by atoms with Crippen molar-refractivity contribution in [2.24, 2.45) is 22.8 Å². The first-order chi connectivity index (χ1) is 8.00. The number of amides is 2. The lowest BCUT2D eigenvalue weighted by atomic mass is 9.62. The predicted octanol–water partition coefficient (Wildman–Crippen LogP) is 0.133. The summed E-state index contributed by atoms with van der Waals surface area (Å²) in [5.41, 5.74) is 10.4. The summed E-state index contributed by atoms with van der Waals surface area (Å²) in [5.74, 6) is 0.374. The van der Waals surface area contributed by atoms with Crippen LogP contribution in [-0.2, 0) is 9.59 Å². The number of hydrogen-bond donors (Lipinski definition) is 3. The van der Waals surface area contributed by atoms with Crippen molar-refractivity contribution in [2.45, 2.75) is 39.0 Å². The number of nitrogens with one attached hydrogen (secondary N) is 1. The van der Waals surface area contributed by atoms with Gasteiger partial charge in [-0.15, -0.1) is 0 Å². The second-order valence-electron chi connectivity index (χ2n) is 5.18. The average Bonchev–Trinajstić information content (AvgIpc) is 2.23. The van der Waals surface area contributed by atoms with Crippen LogP contribution in [0.3, 0.4) is 0 Å². The Hall–Kier alpha value is -1.10. The van der Waals surface area contributed by atoms with Gasteiger partial charge in [0, 0.05) is 19.5 Å². The maximum absolute atomic E-state index is 11.9. The fraction of sp³-hybridized carbons (Fsp3) is 0.833. The monoisotopic (exact) mass is 241 g/mol. The third-order valence-corrected chi connectivity index (χ3v) is 3.49. The van der Waals surface area contributed by atoms with E-state index in [0.717, 1.165) is 25.7 Å². The van der Waals surface area contributed by atoms with Crippen LogP contribution >= 0.6 is 0 Å². The van der Waals surface area contributed by atoms with Gasteiger partial charge in [-0.3, -0.25) is 9.59 Å². The molecule has 98 valence electrons. The highest BCUT2D eigenvalue weighted by atomic mass is 16.2. The minimum Gasteiger partial charge on any atom is -0.370 e. The molecule has 17 heavy (non-hydrogen) atoms. The van der Waals surface area contributed by atoms with Crippen LogP contribution in [0.15, 0.2) is 0 Å². The first-order valence-corrected chi connectivity index (χ1v) is 6.27. The second kappa shape index (κ2) is 6.00. The van der Waals surface area contributed by atoms with Crippen LogP contribution < -0.4 is 16.8 Å². The molecule has 0 saturated heterocycles. The summed E-state index contributed by atoms with van der Waals surface area (Å²) in [7, 11) is 0. The maximum Gasteiger partial charge on any atom is 0.227 e. The largest absolute Gasteiger partial charge is 0.370 e. The first kappa shape index (κ1) is 14.0. The molecule has 0 bridgehead atoms. The van der Waals surface area contributed by atoms with Gasteiger partial charge in [0.1, 0.15) is 0 Å². The Balaban J connectivity index is 2.18. The summed E-state index contributed by atoms with van der Waals surface area (Å²) >= 11 is 0. The average molecular weight is 241 g/mol. The molecule has 0 atom stereocenters. The van der Waals surface area contributed by atoms with Crippen molar-refractivity contribution < 1.29 is 9.59 Å². The van der Waals surface area contributed by atoms with E-state index >= 15 is 0 Å². The molecule has 5 nitrogen and oxygen atoms in total. The number of nitrogens with two attached hydrogens (primary N) is 2. The van der Waals surface area contributed by atoms with E-state index in [1.807, 2.05) is 0 Å². The lowest BCUT2D eigenvalue weighted by molar-refractivity contribution is -0.138. The third kappa shape index (κ3) is 3.70. The molecule has 0 radical (unpaired) electrons. The van der Waals surface area contributed by atoms with Crippen molar-refractivity contribution in [2.75, 3.05) is 13.1 Å². The smallest absolute Gasteiger partial charge is 0.227 e. The molecule has 1 aliphatic rings. The highest BCUT2D eigenvalue weighted by Crippen LogP contribution is 2.44. The number of carbonyl (C=O) groups is 2. The third-order valence-electron chi connectivity index (χ3n) is 3.49. The van der Waals surface area contributed by atoms with Crippen molar-refractivity contribution in [3.05, 3.63) is 0 Å². The summed E-state index contributed by atoms with van der Waals surface area (Å²) in [6, 6.07) is 0. The van der Waals surface area contributed by atoms with Crippen LogP contribution in [0, 0.1) is 11.3 Å². The Kier molecular flexibility index (Phi) is 4.93. The zero-order valence-electron chi connectivity index (χ0n) is 10.5. The normalized spacial score (nSPS) is 27.3. The molecule has 5 heteroatoms. The van der Waals surface area contributed by atoms with Crippen molar-refractivity contribution >= 4 is 11.8 Å². The standard InChI is InChI=1S/C12H23N3O2/c1-9-6-12(7-9,8-13)11(17)15-5-3-2-4-10(14)16/h9H,2-8,13H2,1H3,(H2,14,16)(H,15,17). The van der Waals surface area contributed by atoms with Crippen LogP contribution in [-0.4, -0.2) is 24.9 Å². The molecular weight excluding hydrogens is 218 g/mol. The predicted molar refractivity (Wildman–Crippen MR) is 65.9 cm³/mol. The molecule has 1 rings (SSSR count). The quantitative estimate of drug-likeness (QED) is 0.553. The molecule has 0 heterocycles. The zero-order valence-corrected chi connectivity index (χ0v) is 10.5. The van der Waals surface area contributed by atoms with Gasteiger partial charge in [-0.25, -0.2) is 0 Å². The topological polar surface area (TPSA) is 98.2 Å². The number of unbranched alkanes of at least 4 members (excludes halogenated alkanes) is 1. The molecule has 2 amide bonds. The van der Waals surface area contributed by atoms with Gasteiger partial charge < -0.3 is 16.8 Å². The van der Waals surface area contributed by atoms with Crippen LogP contribution in [0.25, 0.3) is 0 Å². The number of hydrogen-bond acceptors (Lipinski definition) is 3. The zero-order chi connectivity index (χ0) is 12.9. The minimum absolute atomic E-state index is 0.0668. The van der Waals surface area contributed by atoms with Gasteiger partial charge in [0.05, 0.1) is 5.41 Å². The summed E-state index contributed by atoms with van der Waals surface area (Å²) in [5, 5.41) is 2.90. The van der Waals surface area contributed by atoms with Gasteiger partial charge in [-0.2, -0.15) is 0 Å². The molecule has 1 fully saturated rings. The summed E-state index contributed by atoms with van der Waals surface area (Å²) in [4.78, 5) is 22.4. The minimum atomic E-state index is -0.330. The molecule has 1 saturated carbocycles. The van der Waals surface area contributed by atoms with E-state index in [9.17, 15) is 9.59 Å². The van der Waals surface area contributed by atoms with Gasteiger partial charge in [-0.1, -0.05) is 6.92 Å². The summed E-state index contributed by atoms with van der Waals surface area (Å²) < 4.78 is 0. The molecular formula is C12H23N3O2. The van der Waals surface area contributed by atoms with E-state index in [2.05, 4.69) is 12.2 Å². The van der Waals surface area contributed by atoms with Crippen LogP contribution in [0.5, 0.6) is 0 Å². The Morgan fingerprint density at radius 3 is 2.47 bits per heavy atom. The van der Waals surface area contributed by atoms with E-state index in [1.165, 1.54) is 0 Å². The first-order valence-electron chi connectivity index (χ1n) is 6.27. The number of primary amides is 1. The van der Waals surface area contributed by atoms with E-state index in [4.69, 9.17) is 11.5 Å². The summed E-state index contributed by atoms with van der Waals surface area (Å²) in [6.07, 6.45) is 3.66. The lowest BCUT2D eigenvalue weighted by Gasteiger charge is -2.44. The van der Waals surface area contributed by atoms with E-state index in [-0.39, 0.29) is 17.2 Å². The van der Waals surface area contributed by atoms with E-state index < -0.39 is 0 Å². The van der Waals surface area contributed by atoms with Gasteiger partial charge >= 0.3 is 0 Å². The van der Waals surface area contributed by atoms with Crippen molar-refractivity contribution in [3.8, 4) is 0 Å². The highest BCUT2D eigenvalue weighted by molar-refractivity contribution is 5.83. The Bertz CT molecular complexity index is 285. The van der Waals surface area contributed by atoms with Crippen molar-refractivity contribution in [3.63, 3.8) is 0 Å². The second-order valence-corrected chi connectivity index (χ2v) is 5.18. The van der Waals surface area contributed by atoms with Crippen molar-refractivity contribution in [1.82, 2.24) is 5.32 Å². The Morgan fingerprint density at radius 2 is 2.00 bits per heavy atom. The molecule has 0 aromatic rings. The maximum atomic E-state index is 11.9. The molecule has 0 spiro atoms. The molecule has 0 aromatic heterocycles. The molecule has 0 unspecified atom stereocenters. The SMILES string of the molecule is CC1CC(CN)(C(=O)NCCCCC(N)=O)C1. The van der Waals surface area contributed by atoms with Gasteiger partial charge in [0.15, 0.2) is 0 Å². The van der Waals surface area contributed by atoms with Gasteiger partial charge in [0.2, 0.25) is 11.8 Å². The fourth-order valence-corrected chi connectivity index (χ4v) is 2.53. The number of carbonyl (C=O) groups excluding carboxylic acids is 2. The van der Waals surface area contributed by atoms with Crippen LogP contribution in [0.1, 0.15) is 39.0 Å². The Morgan fingerprint density at radius 1 is 1.35 bits per heavy atom. The number of rotatable bonds is 7. The van der Waals surface area contributed by atoms with E-state index in [0.29, 0.717) is 25.4 Å². The van der Waals surface area contributed by atoms with Crippen LogP contribution in [0.2, 0.25) is 0 Å². The van der Waals surface area contributed by atoms with Crippen molar-refractivity contribution in [1.29, 1.82) is 0 Å². The molecule has 1 aliphatic carbocycles. The van der Waals surface area contributed by atoms with E-state index in [1.54, 1.807) is 0 Å². The fourth-order valence-electron chi connectivity index (χ4n) is 2.53. The molecule has 0 aromatic carbocycles. The van der Waals surface area contributed by atoms with Gasteiger partial charge in [0.25, 0.3) is 0 Å².